The van der Waals surface area contributed by atoms with Gasteiger partial charge in [0.15, 0.2) is 5.82 Å². The third-order valence-corrected chi connectivity index (χ3v) is 4.81. The summed E-state index contributed by atoms with van der Waals surface area (Å²) in [5.74, 6) is 1.48. The maximum absolute atomic E-state index is 9.70. The van der Waals surface area contributed by atoms with Crippen molar-refractivity contribution in [3.05, 3.63) is 43.1 Å². The van der Waals surface area contributed by atoms with Gasteiger partial charge in [-0.3, -0.25) is 9.78 Å². The first kappa shape index (κ1) is 23.8. The molecule has 4 aromatic rings. The number of anilines is 2. The molecule has 1 amide bonds. The Morgan fingerprint density at radius 1 is 1.09 bits per heavy atom. The molecule has 11 heteroatoms. The first-order chi connectivity index (χ1) is 15.9. The number of aromatic nitrogens is 7. The van der Waals surface area contributed by atoms with E-state index in [0.717, 1.165) is 22.6 Å². The third kappa shape index (κ3) is 7.34. The van der Waals surface area contributed by atoms with Crippen LogP contribution in [0.15, 0.2) is 43.1 Å². The lowest BCUT2D eigenvalue weighted by atomic mass is 10.2. The zero-order chi connectivity index (χ0) is 23.6. The normalized spacial score (nSPS) is 12.6. The van der Waals surface area contributed by atoms with Gasteiger partial charge in [-0.15, -0.1) is 0 Å². The maximum atomic E-state index is 9.70. The Labute approximate surface area is 192 Å². The molecule has 0 bridgehead atoms. The number of rotatable bonds is 4. The molecule has 33 heavy (non-hydrogen) atoms. The Hall–Kier alpha value is -3.89. The Kier molecular flexibility index (Phi) is 8.39. The minimum Gasteiger partial charge on any atom is -0.465 e. The average molecular weight is 454 g/mol. The minimum absolute atomic E-state index is 0.0255. The van der Waals surface area contributed by atoms with Crippen LogP contribution in [-0.4, -0.2) is 51.8 Å². The Morgan fingerprint density at radius 3 is 2.33 bits per heavy atom. The molecule has 0 aliphatic heterocycles. The number of nitrogens with zero attached hydrogens (tertiary/aromatic N) is 6. The number of aryl methyl sites for hydroxylation is 1. The van der Waals surface area contributed by atoms with Crippen molar-refractivity contribution in [2.45, 2.75) is 52.0 Å². The van der Waals surface area contributed by atoms with Crippen LogP contribution in [-0.2, 0) is 7.05 Å². The number of hydrogen-bond donors (Lipinski definition) is 4. The van der Waals surface area contributed by atoms with Crippen LogP contribution >= 0.6 is 0 Å². The molecule has 1 aliphatic carbocycles. The van der Waals surface area contributed by atoms with Gasteiger partial charge in [0.1, 0.15) is 11.3 Å². The number of fused-ring (bicyclic) bond motifs is 1. The highest BCUT2D eigenvalue weighted by Gasteiger charge is 2.10. The van der Waals surface area contributed by atoms with E-state index in [-0.39, 0.29) is 6.04 Å². The molecular formula is C22H31N9O2. The summed E-state index contributed by atoms with van der Waals surface area (Å²) in [7, 11) is 1.87. The molecule has 0 atom stereocenters. The van der Waals surface area contributed by atoms with Crippen molar-refractivity contribution < 1.29 is 9.90 Å². The predicted molar refractivity (Wildman–Crippen MR) is 126 cm³/mol. The summed E-state index contributed by atoms with van der Waals surface area (Å²) in [6.07, 6.45) is 15.5. The van der Waals surface area contributed by atoms with Gasteiger partial charge in [-0.2, -0.15) is 15.3 Å². The van der Waals surface area contributed by atoms with Crippen LogP contribution in [0.1, 0.15) is 46.0 Å². The standard InChI is InChI=1S/C13H12N8.C5H10.C4H9NO2/c1-20-7-9(6-16-20)10-8-21-11(2-5-15-21)13(17-10)18-12-3-4-14-19-12;1-2-4-5-3-1;1-3(2)5-4(6)7/h2-8H,1H3,(H2,14,17,18,19);1-5H2;3,5H,1-2H3,(H,6,7). The van der Waals surface area contributed by atoms with Gasteiger partial charge in [-0.05, 0) is 19.9 Å². The molecule has 1 fully saturated rings. The van der Waals surface area contributed by atoms with E-state index in [1.165, 1.54) is 32.1 Å². The summed E-state index contributed by atoms with van der Waals surface area (Å²) in [5, 5.41) is 28.6. The van der Waals surface area contributed by atoms with Crippen molar-refractivity contribution in [2.24, 2.45) is 7.05 Å². The average Bonchev–Trinajstić information content (AvgIpc) is 3.55. The monoisotopic (exact) mass is 453 g/mol. The van der Waals surface area contributed by atoms with E-state index in [4.69, 9.17) is 5.11 Å². The number of carbonyl (C=O) groups is 1. The van der Waals surface area contributed by atoms with Crippen LogP contribution in [0.3, 0.4) is 0 Å². The first-order valence-electron chi connectivity index (χ1n) is 11.0. The third-order valence-electron chi connectivity index (χ3n) is 4.81. The van der Waals surface area contributed by atoms with Crippen molar-refractivity contribution in [1.82, 2.24) is 39.9 Å². The van der Waals surface area contributed by atoms with Crippen LogP contribution < -0.4 is 10.6 Å². The van der Waals surface area contributed by atoms with Gasteiger partial charge in [-0.1, -0.05) is 32.1 Å². The molecule has 176 valence electrons. The van der Waals surface area contributed by atoms with Gasteiger partial charge in [0.2, 0.25) is 0 Å². The molecule has 4 N–H and O–H groups in total. The molecule has 11 nitrogen and oxygen atoms in total. The van der Waals surface area contributed by atoms with E-state index in [2.05, 4.69) is 36.0 Å². The van der Waals surface area contributed by atoms with Crippen LogP contribution in [0.25, 0.3) is 16.8 Å². The number of carboxylic acid groups (broad SMARTS) is 1. The highest BCUT2D eigenvalue weighted by atomic mass is 16.4. The van der Waals surface area contributed by atoms with Crippen LogP contribution in [0, 0.1) is 0 Å². The SMILES string of the molecule is C1CCCC1.CC(C)NC(=O)O.Cn1cc(-c2cn3nccc3c(Nc3ccn[nH]3)n2)cn1. The quantitative estimate of drug-likeness (QED) is 0.363. The van der Waals surface area contributed by atoms with Crippen molar-refractivity contribution in [1.29, 1.82) is 0 Å². The van der Waals surface area contributed by atoms with E-state index in [1.807, 2.05) is 31.6 Å². The fourth-order valence-corrected chi connectivity index (χ4v) is 3.30. The molecule has 4 aromatic heterocycles. The van der Waals surface area contributed by atoms with Crippen molar-refractivity contribution in [3.8, 4) is 11.3 Å². The molecule has 1 aliphatic rings. The second-order valence-electron chi connectivity index (χ2n) is 8.01. The predicted octanol–water partition coefficient (Wildman–Crippen LogP) is 4.21. The Morgan fingerprint density at radius 2 is 1.82 bits per heavy atom. The summed E-state index contributed by atoms with van der Waals surface area (Å²) < 4.78 is 3.53. The van der Waals surface area contributed by atoms with Crippen molar-refractivity contribution >= 4 is 23.2 Å². The summed E-state index contributed by atoms with van der Waals surface area (Å²) in [6, 6.07) is 3.77. The van der Waals surface area contributed by atoms with Crippen LogP contribution in [0.4, 0.5) is 16.4 Å². The summed E-state index contributed by atoms with van der Waals surface area (Å²) in [5.41, 5.74) is 2.61. The molecule has 1 saturated carbocycles. The lowest BCUT2D eigenvalue weighted by molar-refractivity contribution is 0.191. The molecule has 0 radical (unpaired) electrons. The lowest BCUT2D eigenvalue weighted by Gasteiger charge is -2.07. The van der Waals surface area contributed by atoms with E-state index >= 15 is 0 Å². The Balaban J connectivity index is 0.000000211. The van der Waals surface area contributed by atoms with Gasteiger partial charge in [0.25, 0.3) is 0 Å². The van der Waals surface area contributed by atoms with Crippen molar-refractivity contribution in [2.75, 3.05) is 5.32 Å². The van der Waals surface area contributed by atoms with Gasteiger partial charge < -0.3 is 15.7 Å². The zero-order valence-corrected chi connectivity index (χ0v) is 19.2. The molecule has 5 rings (SSSR count). The molecule has 0 spiro atoms. The van der Waals surface area contributed by atoms with E-state index in [0.29, 0.717) is 5.82 Å². The first-order valence-corrected chi connectivity index (χ1v) is 11.0. The van der Waals surface area contributed by atoms with E-state index < -0.39 is 6.09 Å². The Bertz CT molecular complexity index is 1120. The van der Waals surface area contributed by atoms with Gasteiger partial charge >= 0.3 is 6.09 Å². The maximum Gasteiger partial charge on any atom is 0.404 e. The van der Waals surface area contributed by atoms with Gasteiger partial charge in [0, 0.05) is 30.9 Å². The van der Waals surface area contributed by atoms with E-state index in [9.17, 15) is 4.79 Å². The molecule has 4 heterocycles. The molecule has 0 aromatic carbocycles. The number of aromatic amines is 1. The molecule has 0 saturated heterocycles. The number of nitrogens with one attached hydrogen (secondary N) is 3. The number of hydrogen-bond acceptors (Lipinski definition) is 6. The second-order valence-corrected chi connectivity index (χ2v) is 8.01. The fourth-order valence-electron chi connectivity index (χ4n) is 3.30. The second kappa shape index (κ2) is 11.7. The number of H-pyrrole nitrogens is 1. The zero-order valence-electron chi connectivity index (χ0n) is 19.2. The smallest absolute Gasteiger partial charge is 0.404 e. The van der Waals surface area contributed by atoms with Crippen LogP contribution in [0.5, 0.6) is 0 Å². The largest absolute Gasteiger partial charge is 0.465 e. The van der Waals surface area contributed by atoms with Crippen LogP contribution in [0.2, 0.25) is 0 Å². The van der Waals surface area contributed by atoms with Gasteiger partial charge in [0.05, 0.1) is 30.5 Å². The summed E-state index contributed by atoms with van der Waals surface area (Å²) in [4.78, 5) is 14.4. The van der Waals surface area contributed by atoms with Gasteiger partial charge in [-0.25, -0.2) is 14.3 Å². The molecule has 0 unspecified atom stereocenters. The topological polar surface area (TPSA) is 138 Å². The van der Waals surface area contributed by atoms with Crippen molar-refractivity contribution in [3.63, 3.8) is 0 Å². The summed E-state index contributed by atoms with van der Waals surface area (Å²) >= 11 is 0. The highest BCUT2D eigenvalue weighted by Crippen LogP contribution is 2.23. The van der Waals surface area contributed by atoms with E-state index in [1.54, 1.807) is 41.6 Å². The lowest BCUT2D eigenvalue weighted by Crippen LogP contribution is -2.27. The highest BCUT2D eigenvalue weighted by molar-refractivity contribution is 5.74. The fraction of sp³-hybridized carbons (Fsp3) is 0.409. The minimum atomic E-state index is -0.963. The summed E-state index contributed by atoms with van der Waals surface area (Å²) in [6.45, 7) is 3.54. The molecular weight excluding hydrogens is 422 g/mol. The number of amides is 1.